The molecule has 0 amide bonds. The summed E-state index contributed by atoms with van der Waals surface area (Å²) in [5.74, 6) is 1.10. The Bertz CT molecular complexity index is 347. The van der Waals surface area contributed by atoms with Crippen LogP contribution in [0, 0.1) is 0 Å². The average Bonchev–Trinajstić information content (AvgIpc) is 2.28. The summed E-state index contributed by atoms with van der Waals surface area (Å²) in [5, 5.41) is 6.78. The van der Waals surface area contributed by atoms with Crippen molar-refractivity contribution in [1.29, 1.82) is 0 Å². The van der Waals surface area contributed by atoms with Gasteiger partial charge in [0, 0.05) is 31.2 Å². The number of anilines is 1. The van der Waals surface area contributed by atoms with Crippen molar-refractivity contribution in [3.63, 3.8) is 0 Å². The summed E-state index contributed by atoms with van der Waals surface area (Å²) in [6.45, 7) is 6.40. The van der Waals surface area contributed by atoms with Crippen LogP contribution in [0.5, 0.6) is 0 Å². The van der Waals surface area contributed by atoms with Crippen LogP contribution in [-0.4, -0.2) is 24.1 Å². The topological polar surface area (TPSA) is 37.0 Å². The van der Waals surface area contributed by atoms with Gasteiger partial charge in [0.2, 0.25) is 0 Å². The van der Waals surface area contributed by atoms with Gasteiger partial charge in [0.05, 0.1) is 0 Å². The molecule has 0 radical (unpaired) electrons. The number of pyridine rings is 1. The van der Waals surface area contributed by atoms with Crippen molar-refractivity contribution in [2.24, 2.45) is 0 Å². The van der Waals surface area contributed by atoms with E-state index in [-0.39, 0.29) is 0 Å². The third kappa shape index (κ3) is 2.95. The van der Waals surface area contributed by atoms with Crippen LogP contribution in [0.2, 0.25) is 0 Å². The fourth-order valence-corrected chi connectivity index (χ4v) is 2.00. The van der Waals surface area contributed by atoms with Crippen LogP contribution in [0.15, 0.2) is 12.1 Å². The second kappa shape index (κ2) is 5.30. The van der Waals surface area contributed by atoms with Gasteiger partial charge in [0.15, 0.2) is 0 Å². The van der Waals surface area contributed by atoms with E-state index < -0.39 is 0 Å². The first-order valence-corrected chi connectivity index (χ1v) is 6.22. The van der Waals surface area contributed by atoms with Crippen LogP contribution in [-0.2, 0) is 12.8 Å². The minimum absolute atomic E-state index is 0.552. The molecule has 0 saturated carbocycles. The zero-order valence-electron chi connectivity index (χ0n) is 10.2. The summed E-state index contributed by atoms with van der Waals surface area (Å²) in [7, 11) is 0. The van der Waals surface area contributed by atoms with Crippen molar-refractivity contribution in [3.8, 4) is 0 Å². The first-order chi connectivity index (χ1) is 7.75. The molecule has 0 aromatic carbocycles. The minimum Gasteiger partial charge on any atom is -0.370 e. The largest absolute Gasteiger partial charge is 0.370 e. The first-order valence-electron chi connectivity index (χ1n) is 6.22. The van der Waals surface area contributed by atoms with Crippen LogP contribution in [0.25, 0.3) is 0 Å². The van der Waals surface area contributed by atoms with Crippen molar-refractivity contribution in [1.82, 2.24) is 10.3 Å². The number of nitrogens with zero attached hydrogens (tertiary/aromatic N) is 1. The fourth-order valence-electron chi connectivity index (χ4n) is 2.00. The van der Waals surface area contributed by atoms with Crippen LogP contribution in [0.1, 0.15) is 31.5 Å². The fraction of sp³-hybridized carbons (Fsp3) is 0.615. The quantitative estimate of drug-likeness (QED) is 0.813. The zero-order valence-corrected chi connectivity index (χ0v) is 10.2. The summed E-state index contributed by atoms with van der Waals surface area (Å²) in [4.78, 5) is 4.66. The van der Waals surface area contributed by atoms with E-state index in [1.807, 2.05) is 0 Å². The molecule has 2 rings (SSSR count). The van der Waals surface area contributed by atoms with Gasteiger partial charge in [-0.3, -0.25) is 0 Å². The third-order valence-corrected chi connectivity index (χ3v) is 2.89. The second-order valence-corrected chi connectivity index (χ2v) is 4.70. The first kappa shape index (κ1) is 11.4. The van der Waals surface area contributed by atoms with E-state index in [4.69, 9.17) is 0 Å². The Morgan fingerprint density at radius 2 is 2.31 bits per heavy atom. The normalized spacial score (nSPS) is 14.7. The maximum Gasteiger partial charge on any atom is 0.129 e. The molecule has 1 aliphatic rings. The molecule has 0 saturated heterocycles. The molecule has 0 bridgehead atoms. The number of nitrogens with one attached hydrogen (secondary N) is 2. The molecule has 3 nitrogen and oxygen atoms in total. The summed E-state index contributed by atoms with van der Waals surface area (Å²) in [5.41, 5.74) is 2.55. The van der Waals surface area contributed by atoms with Crippen molar-refractivity contribution in [3.05, 3.63) is 23.4 Å². The number of rotatable bonds is 4. The Labute approximate surface area is 97.7 Å². The molecular weight excluding hydrogens is 198 g/mol. The monoisotopic (exact) mass is 219 g/mol. The molecule has 2 N–H and O–H groups in total. The van der Waals surface area contributed by atoms with Gasteiger partial charge in [-0.05, 0) is 24.5 Å². The standard InChI is InChI=1S/C13H21N3/c1-10(2)14-9-7-12-6-5-11-4-3-8-15-13(11)16-12/h5-6,10,14H,3-4,7-9H2,1-2H3,(H,15,16). The summed E-state index contributed by atoms with van der Waals surface area (Å²) in [6.07, 6.45) is 3.40. The third-order valence-electron chi connectivity index (χ3n) is 2.89. The Balaban J connectivity index is 1.95. The molecule has 0 unspecified atom stereocenters. The number of aromatic nitrogens is 1. The zero-order chi connectivity index (χ0) is 11.4. The molecule has 0 aliphatic carbocycles. The molecule has 0 spiro atoms. The SMILES string of the molecule is CC(C)NCCc1ccc2c(n1)NCCC2. The van der Waals surface area contributed by atoms with Crippen LogP contribution >= 0.6 is 0 Å². The number of fused-ring (bicyclic) bond motifs is 1. The van der Waals surface area contributed by atoms with Gasteiger partial charge in [-0.1, -0.05) is 19.9 Å². The van der Waals surface area contributed by atoms with E-state index in [0.717, 1.165) is 25.3 Å². The number of aryl methyl sites for hydroxylation is 1. The van der Waals surface area contributed by atoms with Gasteiger partial charge in [-0.15, -0.1) is 0 Å². The van der Waals surface area contributed by atoms with E-state index in [1.54, 1.807) is 0 Å². The predicted molar refractivity (Wildman–Crippen MR) is 67.9 cm³/mol. The maximum atomic E-state index is 4.66. The van der Waals surface area contributed by atoms with Crippen molar-refractivity contribution >= 4 is 5.82 Å². The van der Waals surface area contributed by atoms with E-state index >= 15 is 0 Å². The van der Waals surface area contributed by atoms with Gasteiger partial charge in [-0.2, -0.15) is 0 Å². The minimum atomic E-state index is 0.552. The lowest BCUT2D eigenvalue weighted by molar-refractivity contribution is 0.587. The highest BCUT2D eigenvalue weighted by Crippen LogP contribution is 2.19. The van der Waals surface area contributed by atoms with Gasteiger partial charge in [0.25, 0.3) is 0 Å². The van der Waals surface area contributed by atoms with E-state index in [0.29, 0.717) is 6.04 Å². The Kier molecular flexibility index (Phi) is 3.78. The molecule has 2 heterocycles. The van der Waals surface area contributed by atoms with Gasteiger partial charge < -0.3 is 10.6 Å². The van der Waals surface area contributed by atoms with Crippen LogP contribution in [0.4, 0.5) is 5.82 Å². The van der Waals surface area contributed by atoms with Gasteiger partial charge >= 0.3 is 0 Å². The molecule has 1 aromatic heterocycles. The van der Waals surface area contributed by atoms with Crippen LogP contribution in [0.3, 0.4) is 0 Å². The Morgan fingerprint density at radius 1 is 1.44 bits per heavy atom. The average molecular weight is 219 g/mol. The highest BCUT2D eigenvalue weighted by molar-refractivity contribution is 5.46. The highest BCUT2D eigenvalue weighted by Gasteiger charge is 2.09. The summed E-state index contributed by atoms with van der Waals surface area (Å²) < 4.78 is 0. The number of hydrogen-bond donors (Lipinski definition) is 2. The van der Waals surface area contributed by atoms with Gasteiger partial charge in [0.1, 0.15) is 5.82 Å². The maximum absolute atomic E-state index is 4.66. The molecular formula is C13H21N3. The Morgan fingerprint density at radius 3 is 3.12 bits per heavy atom. The smallest absolute Gasteiger partial charge is 0.129 e. The lowest BCUT2D eigenvalue weighted by atomic mass is 10.1. The summed E-state index contributed by atoms with van der Waals surface area (Å²) in [6, 6.07) is 4.93. The molecule has 0 fully saturated rings. The molecule has 88 valence electrons. The van der Waals surface area contributed by atoms with Crippen molar-refractivity contribution in [2.75, 3.05) is 18.4 Å². The molecule has 0 atom stereocenters. The van der Waals surface area contributed by atoms with Crippen molar-refractivity contribution < 1.29 is 0 Å². The lowest BCUT2D eigenvalue weighted by Crippen LogP contribution is -2.25. The highest BCUT2D eigenvalue weighted by atomic mass is 15.0. The lowest BCUT2D eigenvalue weighted by Gasteiger charge is -2.17. The molecule has 1 aliphatic heterocycles. The van der Waals surface area contributed by atoms with Crippen molar-refractivity contribution in [2.45, 2.75) is 39.2 Å². The predicted octanol–water partition coefficient (Wildman–Crippen LogP) is 1.98. The molecule has 16 heavy (non-hydrogen) atoms. The van der Waals surface area contributed by atoms with Crippen LogP contribution < -0.4 is 10.6 Å². The second-order valence-electron chi connectivity index (χ2n) is 4.70. The van der Waals surface area contributed by atoms with E-state index in [9.17, 15) is 0 Å². The number of hydrogen-bond acceptors (Lipinski definition) is 3. The van der Waals surface area contributed by atoms with E-state index in [1.165, 1.54) is 24.1 Å². The Hall–Kier alpha value is -1.09. The summed E-state index contributed by atoms with van der Waals surface area (Å²) >= 11 is 0. The van der Waals surface area contributed by atoms with Gasteiger partial charge in [-0.25, -0.2) is 4.98 Å². The molecule has 1 aromatic rings. The molecule has 3 heteroatoms. The van der Waals surface area contributed by atoms with E-state index in [2.05, 4.69) is 41.6 Å².